The maximum atomic E-state index is 14.0. The highest BCUT2D eigenvalue weighted by molar-refractivity contribution is 6.00. The SMILES string of the molecule is Cc1ccc(NC(=O)CN2CN(c3ccccc3)C3(CCN(C(=O)c4ccc(C(C)(C)C)cc4)CC3)C2=O)cc1C. The molecule has 0 aromatic heterocycles. The second-order valence-corrected chi connectivity index (χ2v) is 12.4. The average molecular weight is 553 g/mol. The fourth-order valence-corrected chi connectivity index (χ4v) is 5.89. The van der Waals surface area contributed by atoms with Gasteiger partial charge in [0.15, 0.2) is 0 Å². The smallest absolute Gasteiger partial charge is 0.253 e. The van der Waals surface area contributed by atoms with Crippen LogP contribution in [0.4, 0.5) is 11.4 Å². The van der Waals surface area contributed by atoms with Gasteiger partial charge in [0, 0.05) is 30.0 Å². The van der Waals surface area contributed by atoms with Gasteiger partial charge in [0.2, 0.25) is 5.91 Å². The lowest BCUT2D eigenvalue weighted by Gasteiger charge is -2.43. The number of carbonyl (C=O) groups excluding carboxylic acids is 3. The number of aryl methyl sites for hydroxylation is 2. The highest BCUT2D eigenvalue weighted by atomic mass is 16.2. The van der Waals surface area contributed by atoms with Gasteiger partial charge in [-0.25, -0.2) is 0 Å². The Morgan fingerprint density at radius 1 is 0.878 bits per heavy atom. The van der Waals surface area contributed by atoms with Crippen molar-refractivity contribution in [1.29, 1.82) is 0 Å². The van der Waals surface area contributed by atoms with Gasteiger partial charge < -0.3 is 20.0 Å². The zero-order valence-electron chi connectivity index (χ0n) is 24.7. The molecule has 3 amide bonds. The molecule has 5 rings (SSSR count). The minimum absolute atomic E-state index is 0.0124. The summed E-state index contributed by atoms with van der Waals surface area (Å²) in [7, 11) is 0. The van der Waals surface area contributed by atoms with E-state index in [4.69, 9.17) is 0 Å². The number of anilines is 2. The van der Waals surface area contributed by atoms with Crippen LogP contribution in [0.15, 0.2) is 72.8 Å². The van der Waals surface area contributed by atoms with Gasteiger partial charge in [0.25, 0.3) is 11.8 Å². The average Bonchev–Trinajstić information content (AvgIpc) is 3.21. The van der Waals surface area contributed by atoms with Crippen LogP contribution in [0.5, 0.6) is 0 Å². The third kappa shape index (κ3) is 5.71. The zero-order chi connectivity index (χ0) is 29.4. The van der Waals surface area contributed by atoms with E-state index in [-0.39, 0.29) is 29.7 Å². The van der Waals surface area contributed by atoms with Crippen LogP contribution in [0.2, 0.25) is 0 Å². The number of hydrogen-bond donors (Lipinski definition) is 1. The normalized spacial score (nSPS) is 16.8. The number of rotatable bonds is 5. The molecule has 0 aliphatic carbocycles. The third-order valence-corrected chi connectivity index (χ3v) is 8.58. The highest BCUT2D eigenvalue weighted by Gasteiger charge is 2.54. The standard InChI is InChI=1S/C34H40N4O3/c1-24-11-16-28(21-25(24)2)35-30(39)22-37-23-38(29-9-7-6-8-10-29)34(32(37)41)17-19-36(20-18-34)31(40)26-12-14-27(15-13-26)33(3,4)5/h6-16,21H,17-20,22-23H2,1-5H3,(H,35,39). The summed E-state index contributed by atoms with van der Waals surface area (Å²) >= 11 is 0. The molecule has 0 radical (unpaired) electrons. The first-order chi connectivity index (χ1) is 19.5. The van der Waals surface area contributed by atoms with Crippen LogP contribution in [0.3, 0.4) is 0 Å². The predicted molar refractivity (Wildman–Crippen MR) is 163 cm³/mol. The van der Waals surface area contributed by atoms with Gasteiger partial charge in [0.05, 0.1) is 6.67 Å². The first-order valence-corrected chi connectivity index (χ1v) is 14.4. The summed E-state index contributed by atoms with van der Waals surface area (Å²) in [5.74, 6) is -0.294. The Morgan fingerprint density at radius 3 is 2.15 bits per heavy atom. The van der Waals surface area contributed by atoms with Crippen molar-refractivity contribution in [2.75, 3.05) is 36.5 Å². The van der Waals surface area contributed by atoms with Crippen LogP contribution in [-0.2, 0) is 15.0 Å². The molecule has 2 aliphatic heterocycles. The summed E-state index contributed by atoms with van der Waals surface area (Å²) in [6, 6.07) is 23.5. The molecule has 3 aromatic rings. The van der Waals surface area contributed by atoms with E-state index in [9.17, 15) is 14.4 Å². The van der Waals surface area contributed by atoms with E-state index in [0.29, 0.717) is 38.2 Å². The third-order valence-electron chi connectivity index (χ3n) is 8.58. The van der Waals surface area contributed by atoms with Crippen LogP contribution >= 0.6 is 0 Å². The lowest BCUT2D eigenvalue weighted by molar-refractivity contribution is -0.136. The first kappa shape index (κ1) is 28.4. The maximum absolute atomic E-state index is 14.0. The molecule has 41 heavy (non-hydrogen) atoms. The van der Waals surface area contributed by atoms with E-state index in [1.807, 2.05) is 91.5 Å². The topological polar surface area (TPSA) is 73.0 Å². The number of amides is 3. The largest absolute Gasteiger partial charge is 0.339 e. The number of nitrogens with zero attached hydrogens (tertiary/aromatic N) is 3. The van der Waals surface area contributed by atoms with Crippen LogP contribution < -0.4 is 10.2 Å². The fraction of sp³-hybridized carbons (Fsp3) is 0.382. The zero-order valence-corrected chi connectivity index (χ0v) is 24.7. The second-order valence-electron chi connectivity index (χ2n) is 12.4. The minimum atomic E-state index is -0.797. The molecule has 0 saturated carbocycles. The number of nitrogens with one attached hydrogen (secondary N) is 1. The lowest BCUT2D eigenvalue weighted by atomic mass is 9.84. The Kier molecular flexibility index (Phi) is 7.64. The van der Waals surface area contributed by atoms with Gasteiger partial charge in [-0.2, -0.15) is 0 Å². The van der Waals surface area contributed by atoms with Crippen molar-refractivity contribution in [1.82, 2.24) is 9.80 Å². The number of para-hydroxylation sites is 1. The van der Waals surface area contributed by atoms with Gasteiger partial charge in [-0.1, -0.05) is 57.2 Å². The summed E-state index contributed by atoms with van der Waals surface area (Å²) < 4.78 is 0. The molecular formula is C34H40N4O3. The van der Waals surface area contributed by atoms with E-state index in [1.54, 1.807) is 4.90 Å². The summed E-state index contributed by atoms with van der Waals surface area (Å²) in [6.45, 7) is 11.7. The number of piperidine rings is 1. The molecule has 2 heterocycles. The van der Waals surface area contributed by atoms with E-state index >= 15 is 0 Å². The van der Waals surface area contributed by atoms with Crippen LogP contribution in [0.25, 0.3) is 0 Å². The minimum Gasteiger partial charge on any atom is -0.339 e. The molecule has 3 aromatic carbocycles. The highest BCUT2D eigenvalue weighted by Crippen LogP contribution is 2.39. The number of carbonyl (C=O) groups is 3. The molecule has 0 unspecified atom stereocenters. The molecule has 2 saturated heterocycles. The van der Waals surface area contributed by atoms with Gasteiger partial charge >= 0.3 is 0 Å². The van der Waals surface area contributed by atoms with E-state index < -0.39 is 5.54 Å². The first-order valence-electron chi connectivity index (χ1n) is 14.4. The molecule has 214 valence electrons. The number of likely N-dealkylation sites (tertiary alicyclic amines) is 1. The Labute approximate surface area is 243 Å². The summed E-state index contributed by atoms with van der Waals surface area (Å²) in [4.78, 5) is 46.1. The Morgan fingerprint density at radius 2 is 1.54 bits per heavy atom. The monoisotopic (exact) mass is 552 g/mol. The van der Waals surface area contributed by atoms with E-state index in [2.05, 4.69) is 31.0 Å². The molecule has 7 heteroatoms. The summed E-state index contributed by atoms with van der Waals surface area (Å²) in [6.07, 6.45) is 1.00. The summed E-state index contributed by atoms with van der Waals surface area (Å²) in [5.41, 5.74) is 4.99. The van der Waals surface area contributed by atoms with Gasteiger partial charge in [-0.3, -0.25) is 14.4 Å². The van der Waals surface area contributed by atoms with Crippen LogP contribution in [-0.4, -0.2) is 59.4 Å². The molecule has 0 atom stereocenters. The van der Waals surface area contributed by atoms with E-state index in [0.717, 1.165) is 22.5 Å². The second kappa shape index (κ2) is 11.0. The van der Waals surface area contributed by atoms with Crippen LogP contribution in [0, 0.1) is 13.8 Å². The quantitative estimate of drug-likeness (QED) is 0.452. The van der Waals surface area contributed by atoms with Gasteiger partial charge in [0.1, 0.15) is 12.1 Å². The Hall–Kier alpha value is -4.13. The van der Waals surface area contributed by atoms with Crippen molar-refractivity contribution in [2.24, 2.45) is 0 Å². The van der Waals surface area contributed by atoms with Crippen molar-refractivity contribution in [2.45, 2.75) is 58.4 Å². The van der Waals surface area contributed by atoms with Crippen molar-refractivity contribution >= 4 is 29.1 Å². The lowest BCUT2D eigenvalue weighted by Crippen LogP contribution is -2.57. The molecule has 2 aliphatic rings. The van der Waals surface area contributed by atoms with Gasteiger partial charge in [-0.05, 0) is 85.2 Å². The molecular weight excluding hydrogens is 512 g/mol. The number of hydrogen-bond acceptors (Lipinski definition) is 4. The van der Waals surface area contributed by atoms with Gasteiger partial charge in [-0.15, -0.1) is 0 Å². The fourth-order valence-electron chi connectivity index (χ4n) is 5.89. The molecule has 1 spiro atoms. The molecule has 0 bridgehead atoms. The maximum Gasteiger partial charge on any atom is 0.253 e. The molecule has 2 fully saturated rings. The summed E-state index contributed by atoms with van der Waals surface area (Å²) in [5, 5.41) is 2.95. The van der Waals surface area contributed by atoms with Crippen molar-refractivity contribution in [3.63, 3.8) is 0 Å². The van der Waals surface area contributed by atoms with Crippen LogP contribution in [0.1, 0.15) is 60.7 Å². The van der Waals surface area contributed by atoms with Crippen molar-refractivity contribution < 1.29 is 14.4 Å². The number of benzene rings is 3. The van der Waals surface area contributed by atoms with E-state index in [1.165, 1.54) is 5.56 Å². The van der Waals surface area contributed by atoms with Crippen molar-refractivity contribution in [3.8, 4) is 0 Å². The predicted octanol–water partition coefficient (Wildman–Crippen LogP) is 5.52. The molecule has 7 nitrogen and oxygen atoms in total. The van der Waals surface area contributed by atoms with Crippen molar-refractivity contribution in [3.05, 3.63) is 95.1 Å². The Bertz CT molecular complexity index is 1440. The molecule has 1 N–H and O–H groups in total. The Balaban J connectivity index is 1.31.